The Hall–Kier alpha value is -0.640. The first-order valence-corrected chi connectivity index (χ1v) is 7.42. The molecular formula is C15H20ClFN2. The van der Waals surface area contributed by atoms with Crippen LogP contribution in [0.2, 0.25) is 5.02 Å². The zero-order chi connectivity index (χ0) is 13.4. The highest BCUT2D eigenvalue weighted by atomic mass is 35.5. The maximum atomic E-state index is 13.3. The van der Waals surface area contributed by atoms with Crippen molar-refractivity contribution in [1.29, 1.82) is 0 Å². The van der Waals surface area contributed by atoms with E-state index in [2.05, 4.69) is 4.90 Å². The number of fused-ring (bicyclic) bond motifs is 1. The van der Waals surface area contributed by atoms with E-state index in [9.17, 15) is 4.39 Å². The summed E-state index contributed by atoms with van der Waals surface area (Å²) in [6, 6.07) is 5.13. The summed E-state index contributed by atoms with van der Waals surface area (Å²) in [5, 5.41) is 0.475. The molecule has 0 amide bonds. The van der Waals surface area contributed by atoms with Gasteiger partial charge in [-0.1, -0.05) is 18.0 Å². The minimum absolute atomic E-state index is 0.254. The Kier molecular flexibility index (Phi) is 3.79. The lowest BCUT2D eigenvalue weighted by Crippen LogP contribution is -2.38. The zero-order valence-corrected chi connectivity index (χ0v) is 11.7. The van der Waals surface area contributed by atoms with E-state index < -0.39 is 0 Å². The van der Waals surface area contributed by atoms with Crippen LogP contribution in [0.15, 0.2) is 18.2 Å². The molecule has 3 unspecified atom stereocenters. The van der Waals surface area contributed by atoms with Gasteiger partial charge in [0.15, 0.2) is 0 Å². The summed E-state index contributed by atoms with van der Waals surface area (Å²) in [6.07, 6.45) is 3.70. The van der Waals surface area contributed by atoms with Gasteiger partial charge in [0, 0.05) is 30.7 Å². The van der Waals surface area contributed by atoms with Gasteiger partial charge >= 0.3 is 0 Å². The molecule has 0 bridgehead atoms. The average Bonchev–Trinajstić information content (AvgIpc) is 2.71. The number of hydrogen-bond acceptors (Lipinski definition) is 2. The van der Waals surface area contributed by atoms with Gasteiger partial charge in [-0.2, -0.15) is 0 Å². The van der Waals surface area contributed by atoms with Gasteiger partial charge in [0.2, 0.25) is 0 Å². The Morgan fingerprint density at radius 1 is 1.26 bits per heavy atom. The monoisotopic (exact) mass is 282 g/mol. The smallest absolute Gasteiger partial charge is 0.125 e. The van der Waals surface area contributed by atoms with Gasteiger partial charge < -0.3 is 5.73 Å². The molecule has 1 aliphatic carbocycles. The molecule has 2 N–H and O–H groups in total. The third-order valence-corrected chi connectivity index (χ3v) is 4.78. The fraction of sp³-hybridized carbons (Fsp3) is 0.600. The average molecular weight is 283 g/mol. The topological polar surface area (TPSA) is 29.3 Å². The summed E-state index contributed by atoms with van der Waals surface area (Å²) in [6.45, 7) is 2.91. The van der Waals surface area contributed by atoms with Gasteiger partial charge in [0.05, 0.1) is 0 Å². The lowest BCUT2D eigenvalue weighted by atomic mass is 9.78. The predicted octanol–water partition coefficient (Wildman–Crippen LogP) is 3.04. The molecule has 2 nitrogen and oxygen atoms in total. The summed E-state index contributed by atoms with van der Waals surface area (Å²) >= 11 is 5.90. The highest BCUT2D eigenvalue weighted by Crippen LogP contribution is 2.36. The zero-order valence-electron chi connectivity index (χ0n) is 11.0. The van der Waals surface area contributed by atoms with Gasteiger partial charge in [-0.3, -0.25) is 4.90 Å². The largest absolute Gasteiger partial charge is 0.327 e. The van der Waals surface area contributed by atoms with Crippen LogP contribution in [0.4, 0.5) is 4.39 Å². The fourth-order valence-electron chi connectivity index (χ4n) is 3.70. The second kappa shape index (κ2) is 5.39. The van der Waals surface area contributed by atoms with Crippen LogP contribution in [0.1, 0.15) is 24.8 Å². The molecule has 4 heteroatoms. The van der Waals surface area contributed by atoms with Gasteiger partial charge in [0.25, 0.3) is 0 Å². The minimum Gasteiger partial charge on any atom is -0.327 e. The molecule has 1 aromatic carbocycles. The van der Waals surface area contributed by atoms with E-state index in [-0.39, 0.29) is 5.82 Å². The lowest BCUT2D eigenvalue weighted by Gasteiger charge is -2.29. The summed E-state index contributed by atoms with van der Waals surface area (Å²) in [5.74, 6) is 1.10. The summed E-state index contributed by atoms with van der Waals surface area (Å²) in [4.78, 5) is 2.39. The molecule has 2 fully saturated rings. The maximum Gasteiger partial charge on any atom is 0.125 e. The Morgan fingerprint density at radius 3 is 2.84 bits per heavy atom. The molecule has 1 saturated heterocycles. The van der Waals surface area contributed by atoms with Gasteiger partial charge in [-0.05, 0) is 48.4 Å². The normalized spacial score (nSPS) is 31.4. The molecule has 2 aliphatic rings. The van der Waals surface area contributed by atoms with Gasteiger partial charge in [-0.15, -0.1) is 0 Å². The molecule has 19 heavy (non-hydrogen) atoms. The number of nitrogens with two attached hydrogens (primary N) is 1. The first kappa shape index (κ1) is 13.3. The van der Waals surface area contributed by atoms with Crippen molar-refractivity contribution >= 4 is 11.6 Å². The van der Waals surface area contributed by atoms with E-state index in [0.29, 0.717) is 17.0 Å². The molecule has 3 atom stereocenters. The van der Waals surface area contributed by atoms with Crippen molar-refractivity contribution in [3.8, 4) is 0 Å². The number of halogens is 2. The number of benzene rings is 1. The maximum absolute atomic E-state index is 13.3. The molecule has 0 aromatic heterocycles. The summed E-state index contributed by atoms with van der Waals surface area (Å²) < 4.78 is 13.3. The van der Waals surface area contributed by atoms with Crippen LogP contribution in [-0.2, 0) is 6.54 Å². The van der Waals surface area contributed by atoms with Crippen molar-refractivity contribution in [2.24, 2.45) is 17.6 Å². The van der Waals surface area contributed by atoms with E-state index in [0.717, 1.165) is 37.5 Å². The van der Waals surface area contributed by atoms with Crippen molar-refractivity contribution in [1.82, 2.24) is 4.90 Å². The van der Waals surface area contributed by atoms with E-state index in [4.69, 9.17) is 17.3 Å². The second-order valence-corrected chi connectivity index (χ2v) is 6.43. The van der Waals surface area contributed by atoms with Crippen LogP contribution in [-0.4, -0.2) is 24.0 Å². The molecule has 1 aromatic rings. The number of likely N-dealkylation sites (tertiary alicyclic amines) is 1. The van der Waals surface area contributed by atoms with Crippen LogP contribution in [0, 0.1) is 17.7 Å². The number of nitrogens with zero attached hydrogens (tertiary/aromatic N) is 1. The molecule has 3 rings (SSSR count). The highest BCUT2D eigenvalue weighted by Gasteiger charge is 2.38. The third-order valence-electron chi connectivity index (χ3n) is 4.56. The molecule has 1 saturated carbocycles. The first-order valence-electron chi connectivity index (χ1n) is 7.05. The Labute approximate surface area is 118 Å². The lowest BCUT2D eigenvalue weighted by molar-refractivity contribution is 0.259. The highest BCUT2D eigenvalue weighted by molar-refractivity contribution is 6.30. The van der Waals surface area contributed by atoms with Crippen molar-refractivity contribution in [2.75, 3.05) is 13.1 Å². The van der Waals surface area contributed by atoms with E-state index in [1.54, 1.807) is 6.07 Å². The van der Waals surface area contributed by atoms with Crippen LogP contribution >= 0.6 is 11.6 Å². The van der Waals surface area contributed by atoms with E-state index >= 15 is 0 Å². The van der Waals surface area contributed by atoms with Crippen molar-refractivity contribution in [2.45, 2.75) is 31.8 Å². The van der Waals surface area contributed by atoms with Gasteiger partial charge in [0.1, 0.15) is 5.82 Å². The summed E-state index contributed by atoms with van der Waals surface area (Å²) in [5.41, 5.74) is 7.17. The number of hydrogen-bond donors (Lipinski definition) is 1. The predicted molar refractivity (Wildman–Crippen MR) is 75.5 cm³/mol. The molecule has 104 valence electrons. The molecule has 0 spiro atoms. The molecular weight excluding hydrogens is 263 g/mol. The van der Waals surface area contributed by atoms with Crippen LogP contribution in [0.25, 0.3) is 0 Å². The first-order chi connectivity index (χ1) is 9.11. The van der Waals surface area contributed by atoms with Gasteiger partial charge in [-0.25, -0.2) is 4.39 Å². The van der Waals surface area contributed by atoms with Crippen LogP contribution in [0.3, 0.4) is 0 Å². The SMILES string of the molecule is NC1CCCC2CN(Cc3cc(F)cc(Cl)c3)CC12. The van der Waals surface area contributed by atoms with Crippen molar-refractivity contribution in [3.63, 3.8) is 0 Å². The van der Waals surface area contributed by atoms with E-state index in [1.165, 1.54) is 18.9 Å². The van der Waals surface area contributed by atoms with Crippen LogP contribution < -0.4 is 5.73 Å². The van der Waals surface area contributed by atoms with Crippen molar-refractivity contribution in [3.05, 3.63) is 34.6 Å². The standard InChI is InChI=1S/C15H20ClFN2/c16-12-4-10(5-13(17)6-12)7-19-8-11-2-1-3-15(18)14(11)9-19/h4-6,11,14-15H,1-3,7-9,18H2. The second-order valence-electron chi connectivity index (χ2n) is 5.99. The Bertz CT molecular complexity index is 445. The van der Waals surface area contributed by atoms with Crippen molar-refractivity contribution < 1.29 is 4.39 Å². The van der Waals surface area contributed by atoms with Crippen LogP contribution in [0.5, 0.6) is 0 Å². The third kappa shape index (κ3) is 2.93. The molecule has 1 aliphatic heterocycles. The fourth-order valence-corrected chi connectivity index (χ4v) is 3.94. The Balaban J connectivity index is 1.68. The number of rotatable bonds is 2. The molecule has 1 heterocycles. The molecule has 0 radical (unpaired) electrons. The Morgan fingerprint density at radius 2 is 2.11 bits per heavy atom. The quantitative estimate of drug-likeness (QED) is 0.903. The van der Waals surface area contributed by atoms with E-state index in [1.807, 2.05) is 6.07 Å². The summed E-state index contributed by atoms with van der Waals surface area (Å²) in [7, 11) is 0. The minimum atomic E-state index is -0.254.